The topological polar surface area (TPSA) is 36.4 Å². The second-order valence-electron chi connectivity index (χ2n) is 4.82. The van der Waals surface area contributed by atoms with Crippen molar-refractivity contribution in [2.45, 2.75) is 12.8 Å². The van der Waals surface area contributed by atoms with E-state index in [9.17, 15) is 5.53 Å². The van der Waals surface area contributed by atoms with E-state index in [2.05, 4.69) is 29.1 Å². The summed E-state index contributed by atoms with van der Waals surface area (Å²) in [6, 6.07) is 16.3. The van der Waals surface area contributed by atoms with Crippen molar-refractivity contribution in [2.75, 3.05) is 0 Å². The van der Waals surface area contributed by atoms with Crippen LogP contribution in [0.2, 0.25) is 0 Å². The zero-order valence-corrected chi connectivity index (χ0v) is 10.7. The average molecular weight is 246 g/mol. The molecule has 1 aliphatic rings. The predicted octanol–water partition coefficient (Wildman–Crippen LogP) is 3.82. The minimum atomic E-state index is 0.0314. The molecule has 0 aromatic heterocycles. The van der Waals surface area contributed by atoms with Crippen LogP contribution in [0.1, 0.15) is 28.2 Å². The summed E-state index contributed by atoms with van der Waals surface area (Å²) in [6.07, 6.45) is 4.17. The predicted molar refractivity (Wildman–Crippen MR) is 77.1 cm³/mol. The number of nitrogens with zero attached hydrogens (tertiary/aromatic N) is 2. The van der Waals surface area contributed by atoms with Crippen LogP contribution in [-0.2, 0) is 0 Å². The molecule has 0 saturated carbocycles. The van der Waals surface area contributed by atoms with Crippen LogP contribution in [0.15, 0.2) is 54.6 Å². The number of benzene rings is 2. The first-order valence-corrected chi connectivity index (χ1v) is 6.36. The Labute approximate surface area is 112 Å². The second-order valence-corrected chi connectivity index (χ2v) is 4.82. The second kappa shape index (κ2) is 4.68. The van der Waals surface area contributed by atoms with Crippen LogP contribution < -0.4 is 0 Å². The van der Waals surface area contributed by atoms with E-state index in [1.807, 2.05) is 43.3 Å². The molecule has 92 valence electrons. The molecular formula is C17H14N2. The molecule has 19 heavy (non-hydrogen) atoms. The number of hydrogen-bond donors (Lipinski definition) is 0. The molecular weight excluding hydrogens is 232 g/mol. The minimum Gasteiger partial charge on any atom is -0.361 e. The first-order chi connectivity index (χ1) is 9.29. The van der Waals surface area contributed by atoms with E-state index in [1.54, 1.807) is 0 Å². The normalized spacial score (nSPS) is 15.9. The highest BCUT2D eigenvalue weighted by Crippen LogP contribution is 2.32. The van der Waals surface area contributed by atoms with Gasteiger partial charge >= 0.3 is 5.71 Å². The summed E-state index contributed by atoms with van der Waals surface area (Å²) in [5.74, 6) is 0.0314. The third kappa shape index (κ3) is 2.03. The van der Waals surface area contributed by atoms with Gasteiger partial charge in [-0.1, -0.05) is 54.1 Å². The van der Waals surface area contributed by atoms with E-state index in [0.717, 1.165) is 5.56 Å². The van der Waals surface area contributed by atoms with Crippen LogP contribution in [0.5, 0.6) is 0 Å². The standard InChI is InChI=1S/C17H14N2/c1-12-6-8-14(9-7-12)17(19-18)16-11-10-13-4-2-3-5-15(13)16/h2-11,16H,1H3. The van der Waals surface area contributed by atoms with Gasteiger partial charge in [0.1, 0.15) is 5.92 Å². The van der Waals surface area contributed by atoms with Crippen LogP contribution in [0.3, 0.4) is 0 Å². The number of hydrogen-bond acceptors (Lipinski definition) is 0. The molecule has 0 amide bonds. The Morgan fingerprint density at radius 2 is 1.79 bits per heavy atom. The Morgan fingerprint density at radius 1 is 1.05 bits per heavy atom. The first-order valence-electron chi connectivity index (χ1n) is 6.36. The van der Waals surface area contributed by atoms with Crippen molar-refractivity contribution in [3.05, 3.63) is 82.4 Å². The molecule has 0 saturated heterocycles. The molecule has 2 nitrogen and oxygen atoms in total. The van der Waals surface area contributed by atoms with Crippen LogP contribution in [0.25, 0.3) is 11.6 Å². The quantitative estimate of drug-likeness (QED) is 0.439. The molecule has 0 fully saturated rings. The van der Waals surface area contributed by atoms with Crippen LogP contribution >= 0.6 is 0 Å². The van der Waals surface area contributed by atoms with Gasteiger partial charge in [0.05, 0.1) is 5.56 Å². The maximum absolute atomic E-state index is 9.39. The summed E-state index contributed by atoms with van der Waals surface area (Å²) in [7, 11) is 0. The van der Waals surface area contributed by atoms with E-state index >= 15 is 0 Å². The lowest BCUT2D eigenvalue weighted by atomic mass is 9.91. The van der Waals surface area contributed by atoms with Gasteiger partial charge in [0.25, 0.3) is 0 Å². The van der Waals surface area contributed by atoms with Crippen LogP contribution in [-0.4, -0.2) is 10.5 Å². The number of rotatable bonds is 2. The van der Waals surface area contributed by atoms with E-state index in [-0.39, 0.29) is 5.92 Å². The molecule has 2 aromatic rings. The minimum absolute atomic E-state index is 0.0314. The summed E-state index contributed by atoms with van der Waals surface area (Å²) < 4.78 is 0. The highest BCUT2D eigenvalue weighted by molar-refractivity contribution is 6.04. The Kier molecular flexibility index (Phi) is 2.86. The average Bonchev–Trinajstić information content (AvgIpc) is 2.86. The van der Waals surface area contributed by atoms with E-state index < -0.39 is 0 Å². The molecule has 2 heteroatoms. The Morgan fingerprint density at radius 3 is 2.53 bits per heavy atom. The lowest BCUT2D eigenvalue weighted by Gasteiger charge is -2.07. The summed E-state index contributed by atoms with van der Waals surface area (Å²) >= 11 is 0. The van der Waals surface area contributed by atoms with Crippen molar-refractivity contribution in [3.8, 4) is 0 Å². The van der Waals surface area contributed by atoms with E-state index in [1.165, 1.54) is 16.7 Å². The van der Waals surface area contributed by atoms with Gasteiger partial charge in [-0.15, -0.1) is 0 Å². The molecule has 1 unspecified atom stereocenters. The zero-order valence-electron chi connectivity index (χ0n) is 10.7. The number of allylic oxidation sites excluding steroid dienone is 1. The summed E-state index contributed by atoms with van der Waals surface area (Å²) in [4.78, 5) is 3.53. The van der Waals surface area contributed by atoms with Gasteiger partial charge in [0.15, 0.2) is 0 Å². The smallest absolute Gasteiger partial charge is 0.310 e. The van der Waals surface area contributed by atoms with Crippen molar-refractivity contribution >= 4 is 11.8 Å². The summed E-state index contributed by atoms with van der Waals surface area (Å²) in [5.41, 5.74) is 14.6. The van der Waals surface area contributed by atoms with Gasteiger partial charge in [-0.05, 0) is 30.2 Å². The molecule has 0 heterocycles. The maximum atomic E-state index is 9.39. The molecule has 0 radical (unpaired) electrons. The third-order valence-corrected chi connectivity index (χ3v) is 3.55. The largest absolute Gasteiger partial charge is 0.361 e. The molecule has 0 aliphatic heterocycles. The highest BCUT2D eigenvalue weighted by Gasteiger charge is 2.29. The van der Waals surface area contributed by atoms with Crippen molar-refractivity contribution < 1.29 is 4.79 Å². The van der Waals surface area contributed by atoms with Gasteiger partial charge in [0.2, 0.25) is 0 Å². The molecule has 0 N–H and O–H groups in total. The van der Waals surface area contributed by atoms with E-state index in [0.29, 0.717) is 5.71 Å². The fourth-order valence-electron chi connectivity index (χ4n) is 2.51. The maximum Gasteiger partial charge on any atom is 0.310 e. The number of aryl methyl sites for hydroxylation is 1. The Balaban J connectivity index is 2.05. The Bertz CT molecular complexity index is 689. The number of fused-ring (bicyclic) bond motifs is 1. The van der Waals surface area contributed by atoms with Crippen LogP contribution in [0.4, 0.5) is 0 Å². The van der Waals surface area contributed by atoms with Crippen molar-refractivity contribution in [3.63, 3.8) is 0 Å². The fraction of sp³-hybridized carbons (Fsp3) is 0.118. The van der Waals surface area contributed by atoms with Gasteiger partial charge in [-0.3, -0.25) is 0 Å². The van der Waals surface area contributed by atoms with Crippen molar-refractivity contribution in [2.24, 2.45) is 0 Å². The third-order valence-electron chi connectivity index (χ3n) is 3.55. The lowest BCUT2D eigenvalue weighted by molar-refractivity contribution is -0.00737. The molecule has 1 aliphatic carbocycles. The monoisotopic (exact) mass is 246 g/mol. The van der Waals surface area contributed by atoms with Gasteiger partial charge < -0.3 is 5.53 Å². The van der Waals surface area contributed by atoms with Crippen LogP contribution in [0, 0.1) is 6.92 Å². The van der Waals surface area contributed by atoms with Crippen molar-refractivity contribution in [1.29, 1.82) is 0 Å². The fourth-order valence-corrected chi connectivity index (χ4v) is 2.51. The van der Waals surface area contributed by atoms with Gasteiger partial charge in [0, 0.05) is 0 Å². The first kappa shape index (κ1) is 11.6. The molecule has 1 atom stereocenters. The highest BCUT2D eigenvalue weighted by atomic mass is 14.9. The van der Waals surface area contributed by atoms with E-state index in [4.69, 9.17) is 0 Å². The summed E-state index contributed by atoms with van der Waals surface area (Å²) in [6.45, 7) is 2.05. The van der Waals surface area contributed by atoms with Gasteiger partial charge in [-0.2, -0.15) is 4.79 Å². The molecule has 0 bridgehead atoms. The SMILES string of the molecule is Cc1ccc(C(=[N+]=[N-])C2C=Cc3ccccc32)cc1. The lowest BCUT2D eigenvalue weighted by Crippen LogP contribution is -2.12. The Hall–Kier alpha value is -2.44. The van der Waals surface area contributed by atoms with Gasteiger partial charge in [-0.25, -0.2) is 0 Å². The molecule has 0 spiro atoms. The summed E-state index contributed by atoms with van der Waals surface area (Å²) in [5, 5.41) is 0. The molecule has 2 aromatic carbocycles. The molecule has 3 rings (SSSR count). The zero-order chi connectivity index (χ0) is 13.2. The van der Waals surface area contributed by atoms with Crippen molar-refractivity contribution in [1.82, 2.24) is 0 Å².